The molecule has 1 aromatic rings. The molecule has 3 N–H and O–H groups in total. The second kappa shape index (κ2) is 6.89. The molecule has 2 bridgehead atoms. The number of hydrogen-bond acceptors (Lipinski definition) is 4. The molecule has 5 rings (SSSR count). The Balaban J connectivity index is 1.39. The Morgan fingerprint density at radius 2 is 1.96 bits per heavy atom. The lowest BCUT2D eigenvalue weighted by atomic mass is 9.76. The summed E-state index contributed by atoms with van der Waals surface area (Å²) >= 11 is 6.42. The zero-order valence-corrected chi connectivity index (χ0v) is 17.3. The summed E-state index contributed by atoms with van der Waals surface area (Å²) in [5.41, 5.74) is 7.93. The minimum atomic E-state index is -0.484. The van der Waals surface area contributed by atoms with Crippen LogP contribution in [-0.2, 0) is 10.3 Å². The van der Waals surface area contributed by atoms with Gasteiger partial charge in [0.2, 0.25) is 5.91 Å². The van der Waals surface area contributed by atoms with Gasteiger partial charge in [-0.25, -0.2) is 0 Å². The maximum Gasteiger partial charge on any atom is 0.227 e. The molecule has 3 fully saturated rings. The molecular weight excluding hydrogens is 374 g/mol. The molecule has 0 spiro atoms. The van der Waals surface area contributed by atoms with Crippen molar-refractivity contribution in [1.82, 2.24) is 4.90 Å². The number of fused-ring (bicyclic) bond motifs is 5. The summed E-state index contributed by atoms with van der Waals surface area (Å²) in [6.45, 7) is 0. The standard InChI is InChI=1S/C22H30ClN3O2/c1-26-15-5-4-6-16(26)10-13(9-15)21(27)25-18-12-14(23)11-17-20(18)28-19-7-2-3-8-22(17,19)24/h11-13,15-16,19H,2-10,24H2,1H3,(H,25,27). The van der Waals surface area contributed by atoms with Crippen molar-refractivity contribution >= 4 is 23.2 Å². The summed E-state index contributed by atoms with van der Waals surface area (Å²) in [4.78, 5) is 15.6. The van der Waals surface area contributed by atoms with Crippen molar-refractivity contribution in [3.05, 3.63) is 22.7 Å². The lowest BCUT2D eigenvalue weighted by molar-refractivity contribution is -0.123. The summed E-state index contributed by atoms with van der Waals surface area (Å²) in [5, 5.41) is 3.77. The SMILES string of the molecule is CN1C2CCCC1CC(C(=O)Nc1cc(Cl)cc3c1OC1CCCCC31N)C2. The first-order valence-corrected chi connectivity index (χ1v) is 11.2. The van der Waals surface area contributed by atoms with Crippen molar-refractivity contribution in [2.45, 2.75) is 81.5 Å². The minimum absolute atomic E-state index is 0.0203. The third kappa shape index (κ3) is 2.94. The number of piperidine rings is 2. The number of benzene rings is 1. The summed E-state index contributed by atoms with van der Waals surface area (Å²) in [5.74, 6) is 0.885. The Morgan fingerprint density at radius 3 is 2.71 bits per heavy atom. The number of nitrogens with two attached hydrogens (primary N) is 1. The van der Waals surface area contributed by atoms with E-state index >= 15 is 0 Å². The van der Waals surface area contributed by atoms with E-state index in [9.17, 15) is 4.79 Å². The summed E-state index contributed by atoms with van der Waals surface area (Å²) < 4.78 is 6.27. The van der Waals surface area contributed by atoms with Crippen molar-refractivity contribution in [3.63, 3.8) is 0 Å². The molecule has 0 aromatic heterocycles. The number of amides is 1. The van der Waals surface area contributed by atoms with Crippen LogP contribution in [0.25, 0.3) is 0 Å². The number of hydrogen-bond donors (Lipinski definition) is 2. The molecule has 1 aliphatic carbocycles. The number of halogens is 1. The number of carbonyl (C=O) groups is 1. The van der Waals surface area contributed by atoms with Crippen LogP contribution < -0.4 is 15.8 Å². The maximum atomic E-state index is 13.2. The number of nitrogens with one attached hydrogen (secondary N) is 1. The van der Waals surface area contributed by atoms with Crippen LogP contribution in [0.15, 0.2) is 12.1 Å². The van der Waals surface area contributed by atoms with Gasteiger partial charge >= 0.3 is 0 Å². The van der Waals surface area contributed by atoms with E-state index in [4.69, 9.17) is 22.1 Å². The average Bonchev–Trinajstić information content (AvgIpc) is 2.94. The molecule has 1 aromatic carbocycles. The van der Waals surface area contributed by atoms with Crippen LogP contribution >= 0.6 is 11.6 Å². The van der Waals surface area contributed by atoms with E-state index in [0.717, 1.165) is 49.8 Å². The number of nitrogens with zero attached hydrogens (tertiary/aromatic N) is 1. The van der Waals surface area contributed by atoms with Crippen LogP contribution in [0.1, 0.15) is 63.4 Å². The fourth-order valence-corrected chi connectivity index (χ4v) is 6.22. The highest BCUT2D eigenvalue weighted by Gasteiger charge is 2.48. The Bertz CT molecular complexity index is 786. The molecule has 4 unspecified atom stereocenters. The van der Waals surface area contributed by atoms with E-state index in [1.54, 1.807) is 0 Å². The predicted molar refractivity (Wildman–Crippen MR) is 111 cm³/mol. The Morgan fingerprint density at radius 1 is 1.21 bits per heavy atom. The topological polar surface area (TPSA) is 67.6 Å². The van der Waals surface area contributed by atoms with E-state index in [1.165, 1.54) is 19.3 Å². The second-order valence-electron chi connectivity index (χ2n) is 9.28. The van der Waals surface area contributed by atoms with Gasteiger partial charge in [0.1, 0.15) is 11.9 Å². The smallest absolute Gasteiger partial charge is 0.227 e. The lowest BCUT2D eigenvalue weighted by Crippen LogP contribution is -2.51. The van der Waals surface area contributed by atoms with Crippen LogP contribution in [0, 0.1) is 5.92 Å². The van der Waals surface area contributed by atoms with Gasteiger partial charge in [-0.15, -0.1) is 0 Å². The number of carbonyl (C=O) groups excluding carboxylic acids is 1. The molecule has 1 saturated carbocycles. The normalized spacial score (nSPS) is 37.0. The lowest BCUT2D eigenvalue weighted by Gasteiger charge is -2.46. The molecule has 2 saturated heterocycles. The van der Waals surface area contributed by atoms with Gasteiger partial charge in [0.25, 0.3) is 0 Å². The van der Waals surface area contributed by atoms with Gasteiger partial charge in [0.05, 0.1) is 11.2 Å². The molecule has 5 nitrogen and oxygen atoms in total. The average molecular weight is 404 g/mol. The van der Waals surface area contributed by atoms with Gasteiger partial charge in [-0.1, -0.05) is 24.4 Å². The molecule has 0 radical (unpaired) electrons. The highest BCUT2D eigenvalue weighted by Crippen LogP contribution is 2.51. The first kappa shape index (κ1) is 18.7. The van der Waals surface area contributed by atoms with Gasteiger partial charge < -0.3 is 20.7 Å². The van der Waals surface area contributed by atoms with Gasteiger partial charge in [0.15, 0.2) is 0 Å². The van der Waals surface area contributed by atoms with Crippen LogP contribution in [0.4, 0.5) is 5.69 Å². The molecule has 28 heavy (non-hydrogen) atoms. The number of rotatable bonds is 2. The minimum Gasteiger partial charge on any atom is -0.486 e. The van der Waals surface area contributed by atoms with Gasteiger partial charge in [-0.05, 0) is 64.1 Å². The third-order valence-electron chi connectivity index (χ3n) is 7.67. The van der Waals surface area contributed by atoms with Crippen LogP contribution in [0.3, 0.4) is 0 Å². The highest BCUT2D eigenvalue weighted by atomic mass is 35.5. The van der Waals surface area contributed by atoms with E-state index in [0.29, 0.717) is 22.8 Å². The fourth-order valence-electron chi connectivity index (χ4n) is 6.00. The molecule has 6 heteroatoms. The summed E-state index contributed by atoms with van der Waals surface area (Å²) in [6, 6.07) is 4.80. The van der Waals surface area contributed by atoms with E-state index in [2.05, 4.69) is 17.3 Å². The van der Waals surface area contributed by atoms with Gasteiger partial charge in [0, 0.05) is 28.6 Å². The fraction of sp³-hybridized carbons (Fsp3) is 0.682. The first-order valence-electron chi connectivity index (χ1n) is 10.8. The van der Waals surface area contributed by atoms with Crippen molar-refractivity contribution in [3.8, 4) is 5.75 Å². The van der Waals surface area contributed by atoms with Crippen molar-refractivity contribution < 1.29 is 9.53 Å². The predicted octanol–water partition coefficient (Wildman–Crippen LogP) is 4.03. The zero-order valence-electron chi connectivity index (χ0n) is 16.5. The Labute approximate surface area is 171 Å². The molecular formula is C22H30ClN3O2. The molecule has 4 atom stereocenters. The van der Waals surface area contributed by atoms with Crippen LogP contribution in [-0.4, -0.2) is 36.0 Å². The Kier molecular flexibility index (Phi) is 4.61. The largest absolute Gasteiger partial charge is 0.486 e. The maximum absolute atomic E-state index is 13.2. The molecule has 1 amide bonds. The molecule has 3 aliphatic heterocycles. The van der Waals surface area contributed by atoms with Crippen molar-refractivity contribution in [2.75, 3.05) is 12.4 Å². The zero-order chi connectivity index (χ0) is 19.5. The summed E-state index contributed by atoms with van der Waals surface area (Å²) in [7, 11) is 2.21. The summed E-state index contributed by atoms with van der Waals surface area (Å²) in [6.07, 6.45) is 9.61. The van der Waals surface area contributed by atoms with E-state index in [-0.39, 0.29) is 17.9 Å². The molecule has 152 valence electrons. The molecule has 4 aliphatic rings. The Hall–Kier alpha value is -1.30. The van der Waals surface area contributed by atoms with E-state index < -0.39 is 5.54 Å². The van der Waals surface area contributed by atoms with Crippen molar-refractivity contribution in [2.24, 2.45) is 11.7 Å². The van der Waals surface area contributed by atoms with Crippen LogP contribution in [0.2, 0.25) is 5.02 Å². The quantitative estimate of drug-likeness (QED) is 0.782. The monoisotopic (exact) mass is 403 g/mol. The highest BCUT2D eigenvalue weighted by molar-refractivity contribution is 6.31. The first-order chi connectivity index (χ1) is 13.5. The van der Waals surface area contributed by atoms with Gasteiger partial charge in [-0.3, -0.25) is 4.79 Å². The van der Waals surface area contributed by atoms with Crippen molar-refractivity contribution in [1.29, 1.82) is 0 Å². The number of ether oxygens (including phenoxy) is 1. The molecule has 3 heterocycles. The third-order valence-corrected chi connectivity index (χ3v) is 7.88. The number of anilines is 1. The van der Waals surface area contributed by atoms with E-state index in [1.807, 2.05) is 12.1 Å². The van der Waals surface area contributed by atoms with Gasteiger partial charge in [-0.2, -0.15) is 0 Å². The second-order valence-corrected chi connectivity index (χ2v) is 9.72. The van der Waals surface area contributed by atoms with Crippen LogP contribution in [0.5, 0.6) is 5.75 Å².